The quantitative estimate of drug-likeness (QED) is 0.560. The van der Waals surface area contributed by atoms with E-state index in [1.54, 1.807) is 0 Å². The van der Waals surface area contributed by atoms with Gasteiger partial charge in [0.25, 0.3) is 0 Å². The summed E-state index contributed by atoms with van der Waals surface area (Å²) < 4.78 is 11.5. The molecule has 20 heavy (non-hydrogen) atoms. The average Bonchev–Trinajstić information content (AvgIpc) is 2.71. The van der Waals surface area contributed by atoms with E-state index < -0.39 is 0 Å². The summed E-state index contributed by atoms with van der Waals surface area (Å²) in [6.07, 6.45) is 8.40. The van der Waals surface area contributed by atoms with Gasteiger partial charge >= 0.3 is 5.97 Å². The van der Waals surface area contributed by atoms with Gasteiger partial charge < -0.3 is 9.47 Å². The van der Waals surface area contributed by atoms with Crippen LogP contribution in [0.25, 0.3) is 0 Å². The van der Waals surface area contributed by atoms with Crippen LogP contribution in [0, 0.1) is 0 Å². The Bertz CT molecular complexity index is 378. The second-order valence-corrected chi connectivity index (χ2v) is 5.88. The lowest BCUT2D eigenvalue weighted by atomic mass is 9.77. The summed E-state index contributed by atoms with van der Waals surface area (Å²) in [5, 5.41) is 0. The van der Waals surface area contributed by atoms with Gasteiger partial charge in [-0.15, -0.1) is 0 Å². The van der Waals surface area contributed by atoms with Gasteiger partial charge in [0.05, 0.1) is 24.7 Å². The summed E-state index contributed by atoms with van der Waals surface area (Å²) in [7, 11) is 0. The molecule has 3 heteroatoms. The fourth-order valence-corrected chi connectivity index (χ4v) is 3.97. The third kappa shape index (κ3) is 2.93. The molecule has 2 aliphatic rings. The van der Waals surface area contributed by atoms with Gasteiger partial charge in [-0.25, -0.2) is 0 Å². The van der Waals surface area contributed by atoms with E-state index in [9.17, 15) is 4.79 Å². The number of hydrogen-bond donors (Lipinski definition) is 0. The molecule has 0 N–H and O–H groups in total. The second-order valence-electron chi connectivity index (χ2n) is 5.88. The van der Waals surface area contributed by atoms with Crippen LogP contribution in [0.5, 0.6) is 0 Å². The molecule has 0 radical (unpaired) electrons. The molecule has 0 aromatic carbocycles. The van der Waals surface area contributed by atoms with E-state index in [2.05, 4.69) is 13.8 Å². The van der Waals surface area contributed by atoms with Crippen molar-refractivity contribution < 1.29 is 14.3 Å². The van der Waals surface area contributed by atoms with E-state index in [-0.39, 0.29) is 17.7 Å². The highest BCUT2D eigenvalue weighted by Gasteiger charge is 2.46. The zero-order chi connectivity index (χ0) is 14.6. The van der Waals surface area contributed by atoms with Gasteiger partial charge in [0.1, 0.15) is 0 Å². The van der Waals surface area contributed by atoms with Crippen LogP contribution in [0.15, 0.2) is 11.1 Å². The lowest BCUT2D eigenvalue weighted by Gasteiger charge is -2.36. The summed E-state index contributed by atoms with van der Waals surface area (Å²) >= 11 is 0. The molecule has 1 aliphatic heterocycles. The molecule has 1 heterocycles. The maximum Gasteiger partial charge on any atom is 0.308 e. The lowest BCUT2D eigenvalue weighted by Crippen LogP contribution is -2.35. The Kier molecular flexibility index (Phi) is 5.25. The largest absolute Gasteiger partial charge is 0.466 e. The molecule has 1 spiro atoms. The van der Waals surface area contributed by atoms with Crippen molar-refractivity contribution in [3.63, 3.8) is 0 Å². The molecule has 3 nitrogen and oxygen atoms in total. The molecule has 1 saturated carbocycles. The van der Waals surface area contributed by atoms with Gasteiger partial charge in [-0.2, -0.15) is 0 Å². The summed E-state index contributed by atoms with van der Waals surface area (Å²) in [4.78, 5) is 11.8. The van der Waals surface area contributed by atoms with Crippen LogP contribution in [-0.2, 0) is 14.3 Å². The number of carbonyl (C=O) groups is 1. The van der Waals surface area contributed by atoms with Crippen molar-refractivity contribution in [3.8, 4) is 0 Å². The fourth-order valence-electron chi connectivity index (χ4n) is 3.97. The molecule has 1 aliphatic carbocycles. The van der Waals surface area contributed by atoms with Gasteiger partial charge in [-0.1, -0.05) is 33.1 Å². The Morgan fingerprint density at radius 1 is 1.20 bits per heavy atom. The number of hydrogen-bond acceptors (Lipinski definition) is 3. The van der Waals surface area contributed by atoms with Crippen LogP contribution in [0.4, 0.5) is 0 Å². The van der Waals surface area contributed by atoms with Crippen molar-refractivity contribution in [2.75, 3.05) is 6.61 Å². The molecule has 0 saturated heterocycles. The average molecular weight is 280 g/mol. The molecule has 0 aromatic heterocycles. The normalized spacial score (nSPS) is 25.2. The van der Waals surface area contributed by atoms with Gasteiger partial charge in [0.15, 0.2) is 0 Å². The van der Waals surface area contributed by atoms with Gasteiger partial charge in [-0.05, 0) is 43.8 Å². The number of ether oxygens (including phenoxy) is 2. The molecular weight excluding hydrogens is 252 g/mol. The number of esters is 1. The van der Waals surface area contributed by atoms with Crippen molar-refractivity contribution in [2.45, 2.75) is 83.8 Å². The van der Waals surface area contributed by atoms with Crippen molar-refractivity contribution >= 4 is 5.97 Å². The van der Waals surface area contributed by atoms with Crippen molar-refractivity contribution in [2.24, 2.45) is 0 Å². The standard InChI is InChI=1S/C17H28O3/c1-4-13-14(5-2)17(10-8-7-9-11-17)20-15(13)12-16(18)19-6-3/h15H,4-12H2,1-3H3. The first-order valence-corrected chi connectivity index (χ1v) is 8.22. The Balaban J connectivity index is 2.19. The molecule has 0 aromatic rings. The van der Waals surface area contributed by atoms with Crippen LogP contribution in [0.3, 0.4) is 0 Å². The SMILES string of the molecule is CCOC(=O)CC1OC2(CCCCC2)C(CC)=C1CC. The first kappa shape index (κ1) is 15.6. The van der Waals surface area contributed by atoms with E-state index in [0.29, 0.717) is 13.0 Å². The van der Waals surface area contributed by atoms with Crippen LogP contribution >= 0.6 is 0 Å². The topological polar surface area (TPSA) is 35.5 Å². The molecule has 2 rings (SSSR count). The highest BCUT2D eigenvalue weighted by Crippen LogP contribution is 2.48. The maximum absolute atomic E-state index is 11.8. The smallest absolute Gasteiger partial charge is 0.308 e. The lowest BCUT2D eigenvalue weighted by molar-refractivity contribution is -0.147. The van der Waals surface area contributed by atoms with E-state index in [4.69, 9.17) is 9.47 Å². The Hall–Kier alpha value is -0.830. The monoisotopic (exact) mass is 280 g/mol. The third-order valence-corrected chi connectivity index (χ3v) is 4.75. The number of rotatable bonds is 5. The van der Waals surface area contributed by atoms with Gasteiger partial charge in [-0.3, -0.25) is 4.79 Å². The van der Waals surface area contributed by atoms with Crippen LogP contribution < -0.4 is 0 Å². The van der Waals surface area contributed by atoms with Crippen LogP contribution in [-0.4, -0.2) is 24.3 Å². The highest BCUT2D eigenvalue weighted by molar-refractivity contribution is 5.70. The summed E-state index contributed by atoms with van der Waals surface area (Å²) in [5.74, 6) is -0.133. The molecule has 1 atom stereocenters. The summed E-state index contributed by atoms with van der Waals surface area (Å²) in [6, 6.07) is 0. The summed E-state index contributed by atoms with van der Waals surface area (Å²) in [5.41, 5.74) is 2.78. The molecule has 1 fully saturated rings. The molecular formula is C17H28O3. The van der Waals surface area contributed by atoms with Crippen LogP contribution in [0.2, 0.25) is 0 Å². The highest BCUT2D eigenvalue weighted by atomic mass is 16.5. The second kappa shape index (κ2) is 6.75. The third-order valence-electron chi connectivity index (χ3n) is 4.75. The minimum Gasteiger partial charge on any atom is -0.466 e. The fraction of sp³-hybridized carbons (Fsp3) is 0.824. The molecule has 0 bridgehead atoms. The van der Waals surface area contributed by atoms with E-state index >= 15 is 0 Å². The van der Waals surface area contributed by atoms with Crippen LogP contribution in [0.1, 0.15) is 72.1 Å². The van der Waals surface area contributed by atoms with E-state index in [0.717, 1.165) is 25.7 Å². The zero-order valence-electron chi connectivity index (χ0n) is 13.2. The molecule has 1 unspecified atom stereocenters. The predicted octanol–water partition coefficient (Wildman–Crippen LogP) is 4.16. The van der Waals surface area contributed by atoms with Gasteiger partial charge in [0, 0.05) is 0 Å². The maximum atomic E-state index is 11.8. The minimum atomic E-state index is -0.133. The Labute approximate surface area is 122 Å². The van der Waals surface area contributed by atoms with E-state index in [1.807, 2.05) is 6.92 Å². The first-order chi connectivity index (χ1) is 9.66. The number of carbonyl (C=O) groups excluding carboxylic acids is 1. The molecule has 114 valence electrons. The van der Waals surface area contributed by atoms with E-state index in [1.165, 1.54) is 30.4 Å². The summed E-state index contributed by atoms with van der Waals surface area (Å²) in [6.45, 7) is 6.69. The predicted molar refractivity (Wildman–Crippen MR) is 79.5 cm³/mol. The van der Waals surface area contributed by atoms with Crippen molar-refractivity contribution in [1.29, 1.82) is 0 Å². The van der Waals surface area contributed by atoms with Crippen molar-refractivity contribution in [1.82, 2.24) is 0 Å². The Morgan fingerprint density at radius 2 is 1.90 bits per heavy atom. The zero-order valence-corrected chi connectivity index (χ0v) is 13.2. The Morgan fingerprint density at radius 3 is 2.45 bits per heavy atom. The first-order valence-electron chi connectivity index (χ1n) is 8.22. The van der Waals surface area contributed by atoms with Crippen molar-refractivity contribution in [3.05, 3.63) is 11.1 Å². The minimum absolute atomic E-state index is 0.0490. The molecule has 0 amide bonds. The van der Waals surface area contributed by atoms with Gasteiger partial charge in [0.2, 0.25) is 0 Å².